The molecule has 2 aromatic carbocycles. The fourth-order valence-electron chi connectivity index (χ4n) is 1.13. The molecule has 0 heterocycles. The zero-order valence-corrected chi connectivity index (χ0v) is 12.0. The van der Waals surface area contributed by atoms with Gasteiger partial charge in [0, 0.05) is 0 Å². The van der Waals surface area contributed by atoms with Crippen LogP contribution in [0, 0.1) is 36.3 Å². The topological polar surface area (TPSA) is 0 Å². The number of hydrogen-bond donors (Lipinski definition) is 0. The summed E-state index contributed by atoms with van der Waals surface area (Å²) >= 11 is 0. The fourth-order valence-corrected chi connectivity index (χ4v) is 1.13. The van der Waals surface area contributed by atoms with Crippen LogP contribution in [0.3, 0.4) is 0 Å². The van der Waals surface area contributed by atoms with Crippen LogP contribution in [-0.4, -0.2) is 0 Å². The number of hydrogen-bond acceptors (Lipinski definition) is 0. The van der Waals surface area contributed by atoms with E-state index in [-0.39, 0.29) is 32.7 Å². The van der Waals surface area contributed by atoms with E-state index >= 15 is 0 Å². The first-order valence-electron chi connectivity index (χ1n) is 5.02. The Kier molecular flexibility index (Phi) is 8.19. The van der Waals surface area contributed by atoms with Gasteiger partial charge in [-0.2, -0.15) is 0 Å². The second-order valence-corrected chi connectivity index (χ2v) is 3.27. The van der Waals surface area contributed by atoms with Crippen molar-refractivity contribution in [2.75, 3.05) is 0 Å². The summed E-state index contributed by atoms with van der Waals surface area (Å²) in [5.74, 6) is 3.50. The van der Waals surface area contributed by atoms with Gasteiger partial charge >= 0.3 is 21.1 Å². The molecule has 0 nitrogen and oxygen atoms in total. The minimum Gasteiger partial charge on any atom is -0.366 e. The van der Waals surface area contributed by atoms with E-state index in [9.17, 15) is 8.78 Å². The minimum atomic E-state index is -0.327. The van der Waals surface area contributed by atoms with E-state index in [0.717, 1.165) is 0 Å². The first-order valence-corrected chi connectivity index (χ1v) is 5.02. The quantitative estimate of drug-likeness (QED) is 0.441. The molecule has 2 rings (SSSR count). The standard InChI is InChI=1S/2C8H4F.Pt/c2*1-2-7-4-3-5-8(9)6-7;/h2*3-6H;/q2*-1;+2. The molecule has 0 amide bonds. The summed E-state index contributed by atoms with van der Waals surface area (Å²) in [6.07, 6.45) is 13.2. The molecule has 96 valence electrons. The monoisotopic (exact) mass is 433 g/mol. The van der Waals surface area contributed by atoms with Crippen LogP contribution in [0.4, 0.5) is 8.78 Å². The molecule has 0 aromatic heterocycles. The molecule has 0 fully saturated rings. The van der Waals surface area contributed by atoms with Gasteiger partial charge in [-0.3, -0.25) is 11.8 Å². The van der Waals surface area contributed by atoms with Gasteiger partial charge in [-0.15, -0.1) is 23.3 Å². The molecule has 0 radical (unpaired) electrons. The van der Waals surface area contributed by atoms with Crippen LogP contribution >= 0.6 is 0 Å². The first-order chi connectivity index (χ1) is 8.65. The Morgan fingerprint density at radius 2 is 1.11 bits per heavy atom. The van der Waals surface area contributed by atoms with Crippen molar-refractivity contribution in [3.8, 4) is 11.8 Å². The summed E-state index contributed by atoms with van der Waals surface area (Å²) in [4.78, 5) is 0. The van der Waals surface area contributed by atoms with Gasteiger partial charge in [0.25, 0.3) is 0 Å². The Morgan fingerprint density at radius 3 is 1.32 bits per heavy atom. The molecule has 0 unspecified atom stereocenters. The summed E-state index contributed by atoms with van der Waals surface area (Å²) in [5.41, 5.74) is 0.935. The van der Waals surface area contributed by atoms with Crippen LogP contribution in [0.5, 0.6) is 0 Å². The molecule has 0 spiro atoms. The average Bonchev–Trinajstić information content (AvgIpc) is 2.39. The first kappa shape index (κ1) is 17.1. The number of halogens is 2. The predicted molar refractivity (Wildman–Crippen MR) is 65.3 cm³/mol. The van der Waals surface area contributed by atoms with E-state index in [1.54, 1.807) is 24.3 Å². The molecule has 2 aromatic rings. The Hall–Kier alpha value is -1.89. The second-order valence-electron chi connectivity index (χ2n) is 3.27. The largest absolute Gasteiger partial charge is 2.00 e. The molecule has 0 saturated heterocycles. The molecular formula is C16H8F2Pt. The molecule has 0 bridgehead atoms. The van der Waals surface area contributed by atoms with Crippen molar-refractivity contribution in [1.82, 2.24) is 0 Å². The van der Waals surface area contributed by atoms with Crippen molar-refractivity contribution in [3.63, 3.8) is 0 Å². The van der Waals surface area contributed by atoms with Crippen LogP contribution in [0.2, 0.25) is 0 Å². The smallest absolute Gasteiger partial charge is 0.366 e. The van der Waals surface area contributed by atoms with E-state index in [0.29, 0.717) is 11.1 Å². The van der Waals surface area contributed by atoms with Gasteiger partial charge in [-0.05, 0) is 12.1 Å². The number of benzene rings is 2. The third-order valence-corrected chi connectivity index (χ3v) is 1.94. The maximum Gasteiger partial charge on any atom is 2.00 e. The molecule has 0 aliphatic heterocycles. The van der Waals surface area contributed by atoms with Crippen LogP contribution in [0.1, 0.15) is 11.1 Å². The van der Waals surface area contributed by atoms with Crippen LogP contribution < -0.4 is 0 Å². The van der Waals surface area contributed by atoms with E-state index in [1.165, 1.54) is 24.3 Å². The van der Waals surface area contributed by atoms with E-state index in [1.807, 2.05) is 0 Å². The number of rotatable bonds is 0. The second kappa shape index (κ2) is 9.09. The SMILES string of the molecule is [C-]#Cc1cccc(F)c1.[C-]#Cc1cccc(F)c1.[Pt+2]. The Morgan fingerprint density at radius 1 is 0.737 bits per heavy atom. The zero-order chi connectivity index (χ0) is 13.4. The molecule has 0 aliphatic rings. The summed E-state index contributed by atoms with van der Waals surface area (Å²) in [5, 5.41) is 0. The van der Waals surface area contributed by atoms with Crippen LogP contribution in [0.15, 0.2) is 48.5 Å². The van der Waals surface area contributed by atoms with Gasteiger partial charge in [-0.1, -0.05) is 24.3 Å². The molecular weight excluding hydrogens is 425 g/mol. The van der Waals surface area contributed by atoms with Crippen LogP contribution in [0.25, 0.3) is 0 Å². The van der Waals surface area contributed by atoms with Crippen molar-refractivity contribution >= 4 is 0 Å². The molecule has 19 heavy (non-hydrogen) atoms. The van der Waals surface area contributed by atoms with Crippen molar-refractivity contribution < 1.29 is 29.8 Å². The maximum atomic E-state index is 12.2. The van der Waals surface area contributed by atoms with E-state index in [2.05, 4.69) is 11.8 Å². The molecule has 0 N–H and O–H groups in total. The Bertz CT molecular complexity index is 551. The molecule has 0 atom stereocenters. The van der Waals surface area contributed by atoms with Gasteiger partial charge in [0.05, 0.1) is 0 Å². The normalized spacial score (nSPS) is 8.00. The van der Waals surface area contributed by atoms with Gasteiger partial charge in [0.2, 0.25) is 0 Å². The van der Waals surface area contributed by atoms with Crippen molar-refractivity contribution in [2.45, 2.75) is 0 Å². The van der Waals surface area contributed by atoms with Gasteiger partial charge in [0.15, 0.2) is 0 Å². The summed E-state index contributed by atoms with van der Waals surface area (Å²) in [6.45, 7) is 0. The van der Waals surface area contributed by atoms with Crippen molar-refractivity contribution in [3.05, 3.63) is 84.1 Å². The van der Waals surface area contributed by atoms with Gasteiger partial charge < -0.3 is 12.8 Å². The van der Waals surface area contributed by atoms with Crippen molar-refractivity contribution in [2.24, 2.45) is 0 Å². The molecule has 0 aliphatic carbocycles. The fraction of sp³-hybridized carbons (Fsp3) is 0. The van der Waals surface area contributed by atoms with Crippen molar-refractivity contribution in [1.29, 1.82) is 0 Å². The molecule has 0 saturated carbocycles. The third kappa shape index (κ3) is 6.56. The minimum absolute atomic E-state index is 0. The van der Waals surface area contributed by atoms with Gasteiger partial charge in [-0.25, -0.2) is 8.78 Å². The Balaban J connectivity index is 0.000000324. The van der Waals surface area contributed by atoms with Crippen LogP contribution in [-0.2, 0) is 21.1 Å². The maximum absolute atomic E-state index is 12.2. The molecule has 3 heteroatoms. The third-order valence-electron chi connectivity index (χ3n) is 1.94. The summed E-state index contributed by atoms with van der Waals surface area (Å²) in [6, 6.07) is 11.5. The van der Waals surface area contributed by atoms with E-state index in [4.69, 9.17) is 12.8 Å². The van der Waals surface area contributed by atoms with E-state index < -0.39 is 0 Å². The van der Waals surface area contributed by atoms with Gasteiger partial charge in [0.1, 0.15) is 11.6 Å². The summed E-state index contributed by atoms with van der Waals surface area (Å²) < 4.78 is 24.5. The zero-order valence-electron chi connectivity index (χ0n) is 9.69. The predicted octanol–water partition coefficient (Wildman–Crippen LogP) is 3.52. The Labute approximate surface area is 126 Å². The summed E-state index contributed by atoms with van der Waals surface area (Å²) in [7, 11) is 0. The average molecular weight is 433 g/mol.